The van der Waals surface area contributed by atoms with Gasteiger partial charge >= 0.3 is 0 Å². The van der Waals surface area contributed by atoms with E-state index >= 15 is 0 Å². The van der Waals surface area contributed by atoms with Gasteiger partial charge < -0.3 is 4.74 Å². The number of aromatic nitrogens is 2. The quantitative estimate of drug-likeness (QED) is 0.165. The molecule has 8 aromatic carbocycles. The Kier molecular flexibility index (Phi) is 8.38. The van der Waals surface area contributed by atoms with Crippen molar-refractivity contribution in [3.05, 3.63) is 241 Å². The molecule has 1 aromatic heterocycles. The summed E-state index contributed by atoms with van der Waals surface area (Å²) >= 11 is 0. The third-order valence-corrected chi connectivity index (χ3v) is 10.9. The Labute approximate surface area is 327 Å². The molecule has 0 fully saturated rings. The maximum absolute atomic E-state index is 6.61. The molecule has 264 valence electrons. The van der Waals surface area contributed by atoms with Crippen molar-refractivity contribution in [2.75, 3.05) is 0 Å². The molecule has 9 aromatic rings. The molecular weight excluding hydrogens is 681 g/mol. The molecule has 0 saturated heterocycles. The first-order valence-corrected chi connectivity index (χ1v) is 19.0. The van der Waals surface area contributed by atoms with E-state index in [1.165, 1.54) is 22.3 Å². The molecule has 1 aliphatic rings. The van der Waals surface area contributed by atoms with Crippen molar-refractivity contribution in [1.29, 1.82) is 0 Å². The second kappa shape index (κ2) is 14.1. The minimum atomic E-state index is -0.651. The molecule has 0 aliphatic carbocycles. The van der Waals surface area contributed by atoms with Gasteiger partial charge in [-0.05, 0) is 57.6 Å². The number of fused-ring (bicyclic) bond motifs is 2. The van der Waals surface area contributed by atoms with Crippen LogP contribution in [0.3, 0.4) is 0 Å². The van der Waals surface area contributed by atoms with E-state index in [2.05, 4.69) is 194 Å². The molecule has 0 unspecified atom stereocenters. The zero-order chi connectivity index (χ0) is 37.3. The highest BCUT2D eigenvalue weighted by Crippen LogP contribution is 2.56. The third-order valence-electron chi connectivity index (χ3n) is 10.9. The van der Waals surface area contributed by atoms with Crippen LogP contribution in [0, 0.1) is 0 Å². The van der Waals surface area contributed by atoms with Gasteiger partial charge in [0.1, 0.15) is 11.5 Å². The van der Waals surface area contributed by atoms with Crippen molar-refractivity contribution in [2.24, 2.45) is 0 Å². The largest absolute Gasteiger partial charge is 0.457 e. The fraction of sp³-hybridized carbons (Fsp3) is 0.0189. The topological polar surface area (TPSA) is 35.0 Å². The van der Waals surface area contributed by atoms with E-state index in [9.17, 15) is 0 Å². The highest BCUT2D eigenvalue weighted by atomic mass is 16.5. The average molecular weight is 717 g/mol. The molecule has 0 amide bonds. The fourth-order valence-electron chi connectivity index (χ4n) is 8.27. The molecule has 0 radical (unpaired) electrons. The van der Waals surface area contributed by atoms with E-state index in [4.69, 9.17) is 14.7 Å². The van der Waals surface area contributed by atoms with Crippen molar-refractivity contribution < 1.29 is 4.74 Å². The first-order chi connectivity index (χ1) is 27.8. The second-order valence-electron chi connectivity index (χ2n) is 14.1. The molecule has 3 nitrogen and oxygen atoms in total. The highest BCUT2D eigenvalue weighted by Gasteiger charge is 2.46. The number of rotatable bonds is 7. The van der Waals surface area contributed by atoms with E-state index < -0.39 is 5.41 Å². The molecule has 1 aliphatic heterocycles. The number of nitrogens with zero attached hydrogens (tertiary/aromatic N) is 2. The summed E-state index contributed by atoms with van der Waals surface area (Å²) in [7, 11) is 0. The molecule has 0 saturated carbocycles. The smallest absolute Gasteiger partial charge is 0.160 e. The van der Waals surface area contributed by atoms with Crippen LogP contribution in [0.4, 0.5) is 0 Å². The van der Waals surface area contributed by atoms with Crippen molar-refractivity contribution in [1.82, 2.24) is 9.97 Å². The lowest BCUT2D eigenvalue weighted by Crippen LogP contribution is -2.34. The molecule has 3 heteroatoms. The van der Waals surface area contributed by atoms with Crippen LogP contribution >= 0.6 is 0 Å². The van der Waals surface area contributed by atoms with Gasteiger partial charge in [-0.15, -0.1) is 0 Å². The van der Waals surface area contributed by atoms with E-state index in [1.54, 1.807) is 0 Å². The predicted octanol–water partition coefficient (Wildman–Crippen LogP) is 13.3. The van der Waals surface area contributed by atoms with Crippen LogP contribution in [0.1, 0.15) is 22.3 Å². The fourth-order valence-corrected chi connectivity index (χ4v) is 8.27. The summed E-state index contributed by atoms with van der Waals surface area (Å²) in [5.74, 6) is 2.38. The van der Waals surface area contributed by atoms with Crippen molar-refractivity contribution in [3.63, 3.8) is 0 Å². The first kappa shape index (κ1) is 33.2. The Morgan fingerprint density at radius 3 is 1.41 bits per heavy atom. The summed E-state index contributed by atoms with van der Waals surface area (Å²) in [6, 6.07) is 76.7. The normalized spacial score (nSPS) is 12.6. The molecule has 0 bridgehead atoms. The Hall–Kier alpha value is -7.36. The Balaban J connectivity index is 1.15. The molecule has 10 rings (SSSR count). The molecule has 0 spiro atoms. The number of benzene rings is 8. The van der Waals surface area contributed by atoms with Gasteiger partial charge in [-0.3, -0.25) is 0 Å². The summed E-state index contributed by atoms with van der Waals surface area (Å²) in [4.78, 5) is 10.4. The van der Waals surface area contributed by atoms with Gasteiger partial charge in [-0.2, -0.15) is 0 Å². The van der Waals surface area contributed by atoms with Gasteiger partial charge in [0, 0.05) is 27.8 Å². The maximum atomic E-state index is 6.61. The van der Waals surface area contributed by atoms with Crippen molar-refractivity contribution in [2.45, 2.75) is 5.41 Å². The number of hydrogen-bond acceptors (Lipinski definition) is 3. The van der Waals surface area contributed by atoms with E-state index in [1.807, 2.05) is 24.3 Å². The second-order valence-corrected chi connectivity index (χ2v) is 14.1. The van der Waals surface area contributed by atoms with Crippen LogP contribution in [0.25, 0.3) is 56.2 Å². The van der Waals surface area contributed by atoms with Gasteiger partial charge in [0.15, 0.2) is 5.82 Å². The number of hydrogen-bond donors (Lipinski definition) is 0. The minimum absolute atomic E-state index is 0.651. The Bertz CT molecular complexity index is 2770. The first-order valence-electron chi connectivity index (χ1n) is 19.0. The van der Waals surface area contributed by atoms with Gasteiger partial charge in [0.05, 0.1) is 16.8 Å². The van der Waals surface area contributed by atoms with E-state index in [-0.39, 0.29) is 0 Å². The summed E-state index contributed by atoms with van der Waals surface area (Å²) < 4.78 is 6.61. The number of para-hydroxylation sites is 2. The van der Waals surface area contributed by atoms with E-state index in [0.717, 1.165) is 61.8 Å². The molecule has 0 N–H and O–H groups in total. The standard InChI is InChI=1S/C53H36N2O/c1-4-17-37(18-5-1)38-31-33-40(34-32-38)49-36-48(39-19-6-2-7-20-39)54-52(55-49)42-22-16-21-41(35-42)44-25-10-11-26-45(44)53(43-23-8-3-9-24-43)46-27-12-14-29-50(46)56-51-30-15-13-28-47(51)53/h1-36H. The maximum Gasteiger partial charge on any atom is 0.160 e. The minimum Gasteiger partial charge on any atom is -0.457 e. The zero-order valence-electron chi connectivity index (χ0n) is 30.6. The van der Waals surface area contributed by atoms with Crippen molar-refractivity contribution in [3.8, 4) is 67.7 Å². The third kappa shape index (κ3) is 5.78. The summed E-state index contributed by atoms with van der Waals surface area (Å²) in [5, 5.41) is 0. The predicted molar refractivity (Wildman–Crippen MR) is 228 cm³/mol. The summed E-state index contributed by atoms with van der Waals surface area (Å²) in [5.41, 5.74) is 13.2. The Morgan fingerprint density at radius 2 is 0.768 bits per heavy atom. The van der Waals surface area contributed by atoms with Crippen LogP contribution in [-0.4, -0.2) is 9.97 Å². The Morgan fingerprint density at radius 1 is 0.321 bits per heavy atom. The molecule has 0 atom stereocenters. The zero-order valence-corrected chi connectivity index (χ0v) is 30.6. The summed E-state index contributed by atoms with van der Waals surface area (Å²) in [6.07, 6.45) is 0. The van der Waals surface area contributed by atoms with Gasteiger partial charge in [0.2, 0.25) is 0 Å². The van der Waals surface area contributed by atoms with Crippen LogP contribution < -0.4 is 4.74 Å². The molecular formula is C53H36N2O. The number of ether oxygens (including phenoxy) is 1. The van der Waals surface area contributed by atoms with Crippen LogP contribution in [0.15, 0.2) is 218 Å². The SMILES string of the molecule is c1ccc(-c2ccc(-c3cc(-c4ccccc4)nc(-c4cccc(-c5ccccc5C5(c6ccccc6)c6ccccc6Oc6ccccc65)c4)n3)cc2)cc1. The van der Waals surface area contributed by atoms with Crippen LogP contribution in [-0.2, 0) is 5.41 Å². The lowest BCUT2D eigenvalue weighted by atomic mass is 9.62. The van der Waals surface area contributed by atoms with Crippen molar-refractivity contribution >= 4 is 0 Å². The van der Waals surface area contributed by atoms with Crippen LogP contribution in [0.2, 0.25) is 0 Å². The molecule has 2 heterocycles. The highest BCUT2D eigenvalue weighted by molar-refractivity contribution is 5.81. The van der Waals surface area contributed by atoms with Gasteiger partial charge in [0.25, 0.3) is 0 Å². The summed E-state index contributed by atoms with van der Waals surface area (Å²) in [6.45, 7) is 0. The lowest BCUT2D eigenvalue weighted by Gasteiger charge is -2.42. The van der Waals surface area contributed by atoms with Crippen LogP contribution in [0.5, 0.6) is 11.5 Å². The average Bonchev–Trinajstić information content (AvgIpc) is 3.29. The lowest BCUT2D eigenvalue weighted by molar-refractivity contribution is 0.434. The van der Waals surface area contributed by atoms with Gasteiger partial charge in [-0.1, -0.05) is 194 Å². The monoisotopic (exact) mass is 716 g/mol. The van der Waals surface area contributed by atoms with Gasteiger partial charge in [-0.25, -0.2) is 9.97 Å². The van der Waals surface area contributed by atoms with E-state index in [0.29, 0.717) is 5.82 Å². The molecule has 56 heavy (non-hydrogen) atoms.